The van der Waals surface area contributed by atoms with Gasteiger partial charge in [-0.05, 0) is 18.2 Å². The summed E-state index contributed by atoms with van der Waals surface area (Å²) in [5.74, 6) is 4.41. The number of nitrogens with zero attached hydrogens (tertiary/aromatic N) is 2. The predicted molar refractivity (Wildman–Crippen MR) is 68.8 cm³/mol. The number of rotatable bonds is 1. The van der Waals surface area contributed by atoms with Gasteiger partial charge in [0.25, 0.3) is 0 Å². The van der Waals surface area contributed by atoms with Crippen LogP contribution in [0.15, 0.2) is 29.3 Å². The maximum atomic E-state index is 13.7. The van der Waals surface area contributed by atoms with E-state index in [1.54, 1.807) is 0 Å². The van der Waals surface area contributed by atoms with E-state index in [1.165, 1.54) is 18.3 Å². The number of nitriles is 1. The molecule has 0 spiro atoms. The smallest absolute Gasteiger partial charge is 0.175 e. The van der Waals surface area contributed by atoms with Gasteiger partial charge >= 0.3 is 0 Å². The van der Waals surface area contributed by atoms with Gasteiger partial charge in [-0.15, -0.1) is 0 Å². The number of hydrogen-bond donors (Lipinski definition) is 1. The van der Waals surface area contributed by atoms with Crippen LogP contribution in [0.2, 0.25) is 0 Å². The molecule has 5 nitrogen and oxygen atoms in total. The Morgan fingerprint density at radius 2 is 2.00 bits per heavy atom. The molecule has 1 N–H and O–H groups in total. The number of halogens is 1. The van der Waals surface area contributed by atoms with Crippen LogP contribution in [-0.2, 0) is 9.84 Å². The van der Waals surface area contributed by atoms with Crippen LogP contribution in [0.1, 0.15) is 16.8 Å². The summed E-state index contributed by atoms with van der Waals surface area (Å²) in [5, 5.41) is 14.9. The molecule has 0 fully saturated rings. The Bertz CT molecular complexity index is 867. The zero-order chi connectivity index (χ0) is 14.8. The van der Waals surface area contributed by atoms with Crippen LogP contribution in [0.4, 0.5) is 4.39 Å². The lowest BCUT2D eigenvalue weighted by Crippen LogP contribution is -1.98. The lowest BCUT2D eigenvalue weighted by atomic mass is 10.2. The molecule has 1 heterocycles. The molecule has 2 rings (SSSR count). The topological polar surface area (TPSA) is 86.6 Å². The highest BCUT2D eigenvalue weighted by Gasteiger charge is 2.10. The molecule has 0 saturated heterocycles. The van der Waals surface area contributed by atoms with Gasteiger partial charge in [-0.25, -0.2) is 12.8 Å². The first-order valence-electron chi connectivity index (χ1n) is 5.37. The highest BCUT2D eigenvalue weighted by atomic mass is 32.2. The quantitative estimate of drug-likeness (QED) is 0.800. The van der Waals surface area contributed by atoms with Crippen LogP contribution in [-0.4, -0.2) is 24.9 Å². The summed E-state index contributed by atoms with van der Waals surface area (Å²) in [6, 6.07) is 5.34. The fraction of sp³-hybridized carbons (Fsp3) is 0.0769. The summed E-state index contributed by atoms with van der Waals surface area (Å²) in [6.07, 6.45) is 2.35. The van der Waals surface area contributed by atoms with E-state index in [4.69, 9.17) is 5.26 Å². The number of hydrogen-bond acceptors (Lipinski definition) is 4. The minimum atomic E-state index is -3.46. The number of sulfone groups is 1. The first-order chi connectivity index (χ1) is 9.41. The van der Waals surface area contributed by atoms with E-state index in [-0.39, 0.29) is 16.2 Å². The van der Waals surface area contributed by atoms with E-state index in [0.717, 1.165) is 12.3 Å². The number of aromatic nitrogens is 2. The first kappa shape index (κ1) is 13.8. The van der Waals surface area contributed by atoms with Crippen LogP contribution < -0.4 is 0 Å². The van der Waals surface area contributed by atoms with Crippen molar-refractivity contribution in [3.8, 4) is 17.9 Å². The number of aromatic amines is 1. The van der Waals surface area contributed by atoms with Crippen LogP contribution in [0.3, 0.4) is 0 Å². The van der Waals surface area contributed by atoms with Crippen molar-refractivity contribution < 1.29 is 12.8 Å². The second-order valence-electron chi connectivity index (χ2n) is 3.93. The van der Waals surface area contributed by atoms with Crippen molar-refractivity contribution in [2.24, 2.45) is 0 Å². The molecule has 20 heavy (non-hydrogen) atoms. The van der Waals surface area contributed by atoms with Crippen LogP contribution in [0, 0.1) is 29.0 Å². The average molecular weight is 289 g/mol. The normalized spacial score (nSPS) is 10.4. The van der Waals surface area contributed by atoms with Crippen LogP contribution in [0.25, 0.3) is 0 Å². The highest BCUT2D eigenvalue weighted by Crippen LogP contribution is 2.14. The largest absolute Gasteiger partial charge is 0.267 e. The van der Waals surface area contributed by atoms with Crippen LogP contribution in [0.5, 0.6) is 0 Å². The number of benzene rings is 1. The van der Waals surface area contributed by atoms with Crippen LogP contribution >= 0.6 is 0 Å². The molecule has 1 aromatic heterocycles. The maximum Gasteiger partial charge on any atom is 0.175 e. The molecule has 0 aliphatic heterocycles. The van der Waals surface area contributed by atoms with E-state index < -0.39 is 15.7 Å². The van der Waals surface area contributed by atoms with Crippen molar-refractivity contribution in [3.63, 3.8) is 0 Å². The monoisotopic (exact) mass is 289 g/mol. The molecule has 0 aliphatic carbocycles. The molecule has 0 radical (unpaired) electrons. The molecule has 0 unspecified atom stereocenters. The Kier molecular flexibility index (Phi) is 3.55. The van der Waals surface area contributed by atoms with E-state index in [2.05, 4.69) is 22.0 Å². The summed E-state index contributed by atoms with van der Waals surface area (Å²) < 4.78 is 36.3. The van der Waals surface area contributed by atoms with Crippen molar-refractivity contribution in [2.75, 3.05) is 6.26 Å². The molecule has 2 aromatic rings. The highest BCUT2D eigenvalue weighted by molar-refractivity contribution is 7.90. The van der Waals surface area contributed by atoms with Crippen molar-refractivity contribution in [2.45, 2.75) is 4.90 Å². The Labute approximate surface area is 115 Å². The Morgan fingerprint density at radius 3 is 2.60 bits per heavy atom. The van der Waals surface area contributed by atoms with Gasteiger partial charge < -0.3 is 0 Å². The van der Waals surface area contributed by atoms with Gasteiger partial charge in [0.05, 0.1) is 22.2 Å². The van der Waals surface area contributed by atoms with Crippen molar-refractivity contribution in [1.82, 2.24) is 10.2 Å². The maximum absolute atomic E-state index is 13.7. The minimum Gasteiger partial charge on any atom is -0.267 e. The predicted octanol–water partition coefficient (Wildman–Crippen LogP) is 1.22. The molecule has 0 bridgehead atoms. The fourth-order valence-corrected chi connectivity index (χ4v) is 2.06. The van der Waals surface area contributed by atoms with E-state index >= 15 is 0 Å². The van der Waals surface area contributed by atoms with Gasteiger partial charge in [0.1, 0.15) is 11.9 Å². The lowest BCUT2D eigenvalue weighted by molar-refractivity contribution is 0.595. The third kappa shape index (κ3) is 2.85. The summed E-state index contributed by atoms with van der Waals surface area (Å²) in [7, 11) is -3.46. The Balaban J connectivity index is 2.40. The summed E-state index contributed by atoms with van der Waals surface area (Å²) in [5.41, 5.74) is 0.576. The summed E-state index contributed by atoms with van der Waals surface area (Å²) in [6.45, 7) is 0. The fourth-order valence-electron chi connectivity index (χ4n) is 1.43. The summed E-state index contributed by atoms with van der Waals surface area (Å²) in [4.78, 5) is -0.110. The summed E-state index contributed by atoms with van der Waals surface area (Å²) >= 11 is 0. The standard InChI is InChI=1S/C13H8FN3O2S/c1-20(18,19)11-5-4-9(12(14)6-11)2-3-10-8-16-17-13(10)7-15/h4-6,8H,1H3,(H,16,17). The van der Waals surface area contributed by atoms with Gasteiger partial charge in [0, 0.05) is 6.26 Å². The molecule has 0 aliphatic rings. The van der Waals surface area contributed by atoms with Crippen molar-refractivity contribution in [1.29, 1.82) is 5.26 Å². The second kappa shape index (κ2) is 5.16. The van der Waals surface area contributed by atoms with Crippen molar-refractivity contribution in [3.05, 3.63) is 47.0 Å². The molecule has 1 aromatic carbocycles. The molecule has 0 amide bonds. The molecule has 7 heteroatoms. The van der Waals surface area contributed by atoms with Gasteiger partial charge in [0.2, 0.25) is 0 Å². The van der Waals surface area contributed by atoms with Gasteiger partial charge in [-0.3, -0.25) is 5.10 Å². The van der Waals surface area contributed by atoms with Crippen molar-refractivity contribution >= 4 is 9.84 Å². The van der Waals surface area contributed by atoms with Gasteiger partial charge in [-0.1, -0.05) is 11.8 Å². The zero-order valence-electron chi connectivity index (χ0n) is 10.3. The van der Waals surface area contributed by atoms with E-state index in [0.29, 0.717) is 5.56 Å². The first-order valence-corrected chi connectivity index (χ1v) is 7.26. The molecular weight excluding hydrogens is 281 g/mol. The average Bonchev–Trinajstić information content (AvgIpc) is 2.83. The number of nitrogens with one attached hydrogen (secondary N) is 1. The molecule has 100 valence electrons. The van der Waals surface area contributed by atoms with Gasteiger partial charge in [0.15, 0.2) is 15.5 Å². The third-order valence-corrected chi connectivity index (χ3v) is 3.56. The molecule has 0 atom stereocenters. The Morgan fingerprint density at radius 1 is 1.30 bits per heavy atom. The van der Waals surface area contributed by atoms with E-state index in [1.807, 2.05) is 6.07 Å². The minimum absolute atomic E-state index is 0.0440. The zero-order valence-corrected chi connectivity index (χ0v) is 11.1. The SMILES string of the molecule is CS(=O)(=O)c1ccc(C#Cc2cn[nH]c2C#N)c(F)c1. The Hall–Kier alpha value is -2.64. The molecule has 0 saturated carbocycles. The second-order valence-corrected chi connectivity index (χ2v) is 5.95. The lowest BCUT2D eigenvalue weighted by Gasteiger charge is -1.99. The van der Waals surface area contributed by atoms with E-state index in [9.17, 15) is 12.8 Å². The third-order valence-electron chi connectivity index (χ3n) is 2.45. The molecular formula is C13H8FN3O2S. The van der Waals surface area contributed by atoms with Gasteiger partial charge in [-0.2, -0.15) is 10.4 Å². The number of H-pyrrole nitrogens is 1.